The standard InChI is InChI=1S/C25H26ClF4N3O3S/c1-33(2)23-11-16(15-4-3-5-17(10-15)25(28,29)30)6-7-21(23)31-22-13-20(27)24(12-19(22)26)37(34,35)14-18-8-9-36-32-18/h3-5,8-10,12-13,16,21,23,31H,6-7,11,14H2,1-2H3/t16-,21+,23+/m1/s1. The highest BCUT2D eigenvalue weighted by molar-refractivity contribution is 7.90. The van der Waals surface area contributed by atoms with Crippen molar-refractivity contribution in [2.75, 3.05) is 19.4 Å². The molecule has 1 heterocycles. The van der Waals surface area contributed by atoms with Gasteiger partial charge in [-0.3, -0.25) is 0 Å². The Balaban J connectivity index is 1.52. The van der Waals surface area contributed by atoms with E-state index in [0.29, 0.717) is 24.8 Å². The number of anilines is 1. The quantitative estimate of drug-likeness (QED) is 0.351. The Hall–Kier alpha value is -2.63. The molecule has 12 heteroatoms. The Bertz CT molecular complexity index is 1350. The van der Waals surface area contributed by atoms with Crippen molar-refractivity contribution >= 4 is 27.1 Å². The van der Waals surface area contributed by atoms with Gasteiger partial charge in [0.25, 0.3) is 0 Å². The van der Waals surface area contributed by atoms with E-state index in [2.05, 4.69) is 15.0 Å². The molecule has 1 N–H and O–H groups in total. The lowest BCUT2D eigenvalue weighted by atomic mass is 9.78. The molecule has 3 atom stereocenters. The predicted molar refractivity (Wildman–Crippen MR) is 132 cm³/mol. The maximum absolute atomic E-state index is 15.0. The van der Waals surface area contributed by atoms with E-state index in [1.807, 2.05) is 19.0 Å². The molecule has 1 aliphatic rings. The van der Waals surface area contributed by atoms with E-state index >= 15 is 0 Å². The molecule has 6 nitrogen and oxygen atoms in total. The van der Waals surface area contributed by atoms with Crippen LogP contribution in [0.15, 0.2) is 58.1 Å². The zero-order valence-electron chi connectivity index (χ0n) is 20.1. The third-order valence-corrected chi connectivity index (χ3v) is 8.66. The first-order chi connectivity index (χ1) is 17.3. The largest absolute Gasteiger partial charge is 0.416 e. The van der Waals surface area contributed by atoms with Gasteiger partial charge in [0, 0.05) is 18.2 Å². The molecule has 1 fully saturated rings. The number of hydrogen-bond acceptors (Lipinski definition) is 6. The first-order valence-corrected chi connectivity index (χ1v) is 13.6. The number of rotatable bonds is 7. The van der Waals surface area contributed by atoms with Gasteiger partial charge in [0.2, 0.25) is 0 Å². The molecule has 0 bridgehead atoms. The fraction of sp³-hybridized carbons (Fsp3) is 0.400. The first-order valence-electron chi connectivity index (χ1n) is 11.6. The van der Waals surface area contributed by atoms with Crippen LogP contribution in [-0.4, -0.2) is 44.7 Å². The summed E-state index contributed by atoms with van der Waals surface area (Å²) in [6, 6.07) is 8.64. The number of nitrogens with one attached hydrogen (secondary N) is 1. The summed E-state index contributed by atoms with van der Waals surface area (Å²) in [6.07, 6.45) is -1.40. The molecule has 0 saturated heterocycles. The first kappa shape index (κ1) is 27.4. The second-order valence-corrected chi connectivity index (χ2v) is 11.8. The van der Waals surface area contributed by atoms with E-state index in [4.69, 9.17) is 11.6 Å². The van der Waals surface area contributed by atoms with Crippen LogP contribution in [0.4, 0.5) is 23.2 Å². The van der Waals surface area contributed by atoms with E-state index in [0.717, 1.165) is 18.2 Å². The Morgan fingerprint density at radius 1 is 1.16 bits per heavy atom. The van der Waals surface area contributed by atoms with Gasteiger partial charge in [0.15, 0.2) is 9.84 Å². The fourth-order valence-electron chi connectivity index (χ4n) is 4.82. The van der Waals surface area contributed by atoms with Crippen molar-refractivity contribution in [2.24, 2.45) is 0 Å². The van der Waals surface area contributed by atoms with E-state index in [1.54, 1.807) is 6.07 Å². The van der Waals surface area contributed by atoms with Crippen LogP contribution in [0.3, 0.4) is 0 Å². The van der Waals surface area contributed by atoms with Gasteiger partial charge in [-0.25, -0.2) is 12.8 Å². The second kappa shape index (κ2) is 10.6. The third kappa shape index (κ3) is 6.27. The summed E-state index contributed by atoms with van der Waals surface area (Å²) < 4.78 is 84.6. The lowest BCUT2D eigenvalue weighted by Gasteiger charge is -2.41. The Labute approximate surface area is 217 Å². The van der Waals surface area contributed by atoms with Crippen LogP contribution in [0.5, 0.6) is 0 Å². The highest BCUT2D eigenvalue weighted by Crippen LogP contribution is 2.39. The molecule has 1 aliphatic carbocycles. The molecule has 2 aromatic carbocycles. The molecular weight excluding hydrogens is 534 g/mol. The monoisotopic (exact) mass is 559 g/mol. The summed E-state index contributed by atoms with van der Waals surface area (Å²) in [5, 5.41) is 6.84. The van der Waals surface area contributed by atoms with Gasteiger partial charge < -0.3 is 14.7 Å². The number of sulfone groups is 1. The van der Waals surface area contributed by atoms with Crippen molar-refractivity contribution in [3.8, 4) is 0 Å². The summed E-state index contributed by atoms with van der Waals surface area (Å²) in [5.74, 6) is -1.57. The van der Waals surface area contributed by atoms with Gasteiger partial charge >= 0.3 is 6.18 Å². The van der Waals surface area contributed by atoms with Crippen molar-refractivity contribution in [3.63, 3.8) is 0 Å². The van der Waals surface area contributed by atoms with Crippen LogP contribution in [0.25, 0.3) is 0 Å². The second-order valence-electron chi connectivity index (χ2n) is 9.43. The van der Waals surface area contributed by atoms with Crippen LogP contribution >= 0.6 is 11.6 Å². The van der Waals surface area contributed by atoms with Crippen LogP contribution in [0.1, 0.15) is 42.0 Å². The van der Waals surface area contributed by atoms with Gasteiger partial charge in [-0.15, -0.1) is 0 Å². The van der Waals surface area contributed by atoms with Crippen molar-refractivity contribution in [1.82, 2.24) is 10.1 Å². The maximum Gasteiger partial charge on any atom is 0.416 e. The van der Waals surface area contributed by atoms with Gasteiger partial charge in [-0.1, -0.05) is 35.0 Å². The van der Waals surface area contributed by atoms with Crippen LogP contribution in [0, 0.1) is 5.82 Å². The number of aromatic nitrogens is 1. The Morgan fingerprint density at radius 3 is 2.57 bits per heavy atom. The van der Waals surface area contributed by atoms with Crippen molar-refractivity contribution in [2.45, 2.75) is 54.1 Å². The number of benzene rings is 2. The third-order valence-electron chi connectivity index (χ3n) is 6.69. The molecule has 3 aromatic rings. The topological polar surface area (TPSA) is 75.4 Å². The molecule has 0 amide bonds. The fourth-order valence-corrected chi connectivity index (χ4v) is 6.45. The zero-order valence-corrected chi connectivity index (χ0v) is 21.7. The predicted octanol–water partition coefficient (Wildman–Crippen LogP) is 6.14. The van der Waals surface area contributed by atoms with Gasteiger partial charge in [-0.05, 0) is 63.0 Å². The van der Waals surface area contributed by atoms with E-state index < -0.39 is 38.0 Å². The van der Waals surface area contributed by atoms with Crippen molar-refractivity contribution < 1.29 is 30.5 Å². The minimum absolute atomic E-state index is 0.0395. The minimum Gasteiger partial charge on any atom is -0.379 e. The average molecular weight is 560 g/mol. The average Bonchev–Trinajstić information content (AvgIpc) is 3.33. The van der Waals surface area contributed by atoms with Gasteiger partial charge in [0.05, 0.1) is 22.0 Å². The number of alkyl halides is 3. The molecule has 0 radical (unpaired) electrons. The Morgan fingerprint density at radius 2 is 1.92 bits per heavy atom. The number of hydrogen-bond donors (Lipinski definition) is 1. The lowest BCUT2D eigenvalue weighted by molar-refractivity contribution is -0.137. The van der Waals surface area contributed by atoms with Crippen LogP contribution in [0.2, 0.25) is 5.02 Å². The SMILES string of the molecule is CN(C)[C@H]1C[C@H](c2cccc(C(F)(F)F)c2)CC[C@@H]1Nc1cc(F)c(S(=O)(=O)Cc2ccon2)cc1Cl. The maximum atomic E-state index is 15.0. The summed E-state index contributed by atoms with van der Waals surface area (Å²) >= 11 is 6.37. The molecule has 0 unspecified atom stereocenters. The highest BCUT2D eigenvalue weighted by atomic mass is 35.5. The van der Waals surface area contributed by atoms with Crippen LogP contribution < -0.4 is 5.32 Å². The molecular formula is C25H26ClF4N3O3S. The molecule has 1 aromatic heterocycles. The summed E-state index contributed by atoms with van der Waals surface area (Å²) in [5.41, 5.74) is 0.344. The smallest absolute Gasteiger partial charge is 0.379 e. The van der Waals surface area contributed by atoms with E-state index in [9.17, 15) is 26.0 Å². The Kier molecular flexibility index (Phi) is 7.87. The molecule has 0 spiro atoms. The molecule has 1 saturated carbocycles. The van der Waals surface area contributed by atoms with E-state index in [-0.39, 0.29) is 34.4 Å². The summed E-state index contributed by atoms with van der Waals surface area (Å²) in [7, 11) is -0.319. The minimum atomic E-state index is -4.41. The summed E-state index contributed by atoms with van der Waals surface area (Å²) in [6.45, 7) is 0. The number of nitrogens with zero attached hydrogens (tertiary/aromatic N) is 2. The molecule has 0 aliphatic heterocycles. The number of halogens is 5. The number of likely N-dealkylation sites (N-methyl/N-ethyl adjacent to an activating group) is 1. The van der Waals surface area contributed by atoms with Gasteiger partial charge in [-0.2, -0.15) is 13.2 Å². The van der Waals surface area contributed by atoms with Crippen molar-refractivity contribution in [3.05, 3.63) is 76.4 Å². The lowest BCUT2D eigenvalue weighted by Crippen LogP contribution is -2.47. The zero-order chi connectivity index (χ0) is 27.0. The van der Waals surface area contributed by atoms with E-state index in [1.165, 1.54) is 24.5 Å². The molecule has 200 valence electrons. The highest BCUT2D eigenvalue weighted by Gasteiger charge is 2.35. The normalized spacial score (nSPS) is 20.8. The molecule has 4 rings (SSSR count). The summed E-state index contributed by atoms with van der Waals surface area (Å²) in [4.78, 5) is 1.43. The van der Waals surface area contributed by atoms with Crippen molar-refractivity contribution in [1.29, 1.82) is 0 Å². The van der Waals surface area contributed by atoms with Crippen LogP contribution in [-0.2, 0) is 21.8 Å². The molecule has 37 heavy (non-hydrogen) atoms. The van der Waals surface area contributed by atoms with Gasteiger partial charge in [0.1, 0.15) is 22.7 Å².